The van der Waals surface area contributed by atoms with Gasteiger partial charge >= 0.3 is 0 Å². The molecule has 1 fully saturated rings. The van der Waals surface area contributed by atoms with E-state index in [2.05, 4.69) is 39.5 Å². The van der Waals surface area contributed by atoms with E-state index in [9.17, 15) is 4.79 Å². The summed E-state index contributed by atoms with van der Waals surface area (Å²) in [5.74, 6) is 1.58. The minimum Gasteiger partial charge on any atom is -0.339 e. The van der Waals surface area contributed by atoms with Gasteiger partial charge in [-0.2, -0.15) is 0 Å². The van der Waals surface area contributed by atoms with Crippen LogP contribution < -0.4 is 5.73 Å². The molecule has 0 spiro atoms. The molecule has 2 N–H and O–H groups in total. The molecule has 1 aliphatic carbocycles. The molecule has 0 heterocycles. The van der Waals surface area contributed by atoms with Gasteiger partial charge in [-0.3, -0.25) is 4.79 Å². The van der Waals surface area contributed by atoms with Crippen molar-refractivity contribution in [1.82, 2.24) is 4.90 Å². The number of nitrogens with zero attached hydrogens (tertiary/aromatic N) is 1. The molecule has 3 nitrogen and oxygen atoms in total. The van der Waals surface area contributed by atoms with Crippen LogP contribution in [0.4, 0.5) is 0 Å². The van der Waals surface area contributed by atoms with E-state index in [4.69, 9.17) is 5.73 Å². The standard InChI is InChI=1S/C17H34N2O/c1-6-15(7-2)19(11-12(3)4)17(20)14-8-9-16(18)13(5)10-14/h12-16H,6-11,18H2,1-5H3. The third kappa shape index (κ3) is 4.47. The minimum absolute atomic E-state index is 0.198. The van der Waals surface area contributed by atoms with E-state index in [1.54, 1.807) is 0 Å². The zero-order valence-electron chi connectivity index (χ0n) is 14.1. The highest BCUT2D eigenvalue weighted by Crippen LogP contribution is 2.30. The smallest absolute Gasteiger partial charge is 0.225 e. The lowest BCUT2D eigenvalue weighted by molar-refractivity contribution is -0.140. The Labute approximate surface area is 125 Å². The largest absolute Gasteiger partial charge is 0.339 e. The molecule has 3 heteroatoms. The first-order valence-electron chi connectivity index (χ1n) is 8.46. The van der Waals surface area contributed by atoms with Crippen LogP contribution >= 0.6 is 0 Å². The monoisotopic (exact) mass is 282 g/mol. The molecule has 1 saturated carbocycles. The number of rotatable bonds is 6. The van der Waals surface area contributed by atoms with E-state index in [0.717, 1.165) is 38.6 Å². The fraction of sp³-hybridized carbons (Fsp3) is 0.941. The normalized spacial score (nSPS) is 27.1. The van der Waals surface area contributed by atoms with E-state index in [0.29, 0.717) is 23.8 Å². The van der Waals surface area contributed by atoms with Crippen LogP contribution in [0.2, 0.25) is 0 Å². The molecule has 3 atom stereocenters. The van der Waals surface area contributed by atoms with Gasteiger partial charge in [0.25, 0.3) is 0 Å². The first kappa shape index (κ1) is 17.5. The Morgan fingerprint density at radius 3 is 2.30 bits per heavy atom. The molecule has 0 saturated heterocycles. The van der Waals surface area contributed by atoms with Crippen LogP contribution in [0.1, 0.15) is 66.7 Å². The molecule has 0 aromatic rings. The zero-order chi connectivity index (χ0) is 15.3. The highest BCUT2D eigenvalue weighted by molar-refractivity contribution is 5.79. The van der Waals surface area contributed by atoms with Gasteiger partial charge in [-0.1, -0.05) is 34.6 Å². The quantitative estimate of drug-likeness (QED) is 0.811. The topological polar surface area (TPSA) is 46.3 Å². The summed E-state index contributed by atoms with van der Waals surface area (Å²) in [6.07, 6.45) is 5.04. The zero-order valence-corrected chi connectivity index (χ0v) is 14.1. The van der Waals surface area contributed by atoms with E-state index < -0.39 is 0 Å². The van der Waals surface area contributed by atoms with Crippen molar-refractivity contribution in [2.75, 3.05) is 6.54 Å². The maximum atomic E-state index is 12.9. The second-order valence-corrected chi connectivity index (χ2v) is 7.01. The van der Waals surface area contributed by atoms with Crippen molar-refractivity contribution < 1.29 is 4.79 Å². The van der Waals surface area contributed by atoms with Crippen LogP contribution in [0.5, 0.6) is 0 Å². The first-order chi connectivity index (χ1) is 9.40. The maximum absolute atomic E-state index is 12.9. The van der Waals surface area contributed by atoms with Crippen molar-refractivity contribution in [3.63, 3.8) is 0 Å². The van der Waals surface area contributed by atoms with Crippen LogP contribution in [0.3, 0.4) is 0 Å². The van der Waals surface area contributed by atoms with E-state index in [-0.39, 0.29) is 12.0 Å². The Morgan fingerprint density at radius 1 is 1.25 bits per heavy atom. The summed E-state index contributed by atoms with van der Waals surface area (Å²) in [6.45, 7) is 11.8. The maximum Gasteiger partial charge on any atom is 0.225 e. The molecule has 1 amide bonds. The van der Waals surface area contributed by atoms with Crippen molar-refractivity contribution in [3.05, 3.63) is 0 Å². The number of amides is 1. The number of hydrogen-bond acceptors (Lipinski definition) is 2. The fourth-order valence-electron chi connectivity index (χ4n) is 3.42. The van der Waals surface area contributed by atoms with Crippen molar-refractivity contribution >= 4 is 5.91 Å². The van der Waals surface area contributed by atoms with E-state index >= 15 is 0 Å². The number of hydrogen-bond donors (Lipinski definition) is 1. The van der Waals surface area contributed by atoms with Gasteiger partial charge in [-0.25, -0.2) is 0 Å². The van der Waals surface area contributed by atoms with Crippen LogP contribution in [-0.4, -0.2) is 29.4 Å². The minimum atomic E-state index is 0.198. The summed E-state index contributed by atoms with van der Waals surface area (Å²) in [5.41, 5.74) is 6.08. The van der Waals surface area contributed by atoms with Gasteiger partial charge in [-0.05, 0) is 43.9 Å². The van der Waals surface area contributed by atoms with Crippen LogP contribution in [0, 0.1) is 17.8 Å². The Balaban J connectivity index is 2.76. The molecule has 118 valence electrons. The second kappa shape index (κ2) is 8.02. The van der Waals surface area contributed by atoms with Gasteiger partial charge in [-0.15, -0.1) is 0 Å². The van der Waals surface area contributed by atoms with Crippen molar-refractivity contribution in [1.29, 1.82) is 0 Å². The van der Waals surface area contributed by atoms with Crippen molar-refractivity contribution in [2.45, 2.75) is 78.8 Å². The Bertz CT molecular complexity index is 299. The summed E-state index contributed by atoms with van der Waals surface area (Å²) in [7, 11) is 0. The number of nitrogens with two attached hydrogens (primary N) is 1. The van der Waals surface area contributed by atoms with Gasteiger partial charge in [0.15, 0.2) is 0 Å². The predicted molar refractivity (Wildman–Crippen MR) is 85.4 cm³/mol. The molecule has 0 aromatic carbocycles. The molecule has 0 bridgehead atoms. The lowest BCUT2D eigenvalue weighted by atomic mass is 9.78. The predicted octanol–water partition coefficient (Wildman–Crippen LogP) is 3.42. The Hall–Kier alpha value is -0.570. The summed E-state index contributed by atoms with van der Waals surface area (Å²) >= 11 is 0. The second-order valence-electron chi connectivity index (χ2n) is 7.01. The third-order valence-corrected chi connectivity index (χ3v) is 4.81. The number of carbonyl (C=O) groups excluding carboxylic acids is 1. The summed E-state index contributed by atoms with van der Waals surface area (Å²) in [4.78, 5) is 15.1. The molecule has 0 aromatic heterocycles. The lowest BCUT2D eigenvalue weighted by Crippen LogP contribution is -2.47. The molecule has 3 unspecified atom stereocenters. The Morgan fingerprint density at radius 2 is 1.85 bits per heavy atom. The molecular weight excluding hydrogens is 248 g/mol. The lowest BCUT2D eigenvalue weighted by Gasteiger charge is -2.38. The van der Waals surface area contributed by atoms with Gasteiger partial charge in [0, 0.05) is 24.5 Å². The van der Waals surface area contributed by atoms with Crippen molar-refractivity contribution in [2.24, 2.45) is 23.5 Å². The van der Waals surface area contributed by atoms with Crippen molar-refractivity contribution in [3.8, 4) is 0 Å². The molecule has 0 aliphatic heterocycles. The van der Waals surface area contributed by atoms with E-state index in [1.165, 1.54) is 0 Å². The van der Waals surface area contributed by atoms with Crippen LogP contribution in [0.15, 0.2) is 0 Å². The summed E-state index contributed by atoms with van der Waals surface area (Å²) < 4.78 is 0. The van der Waals surface area contributed by atoms with Crippen LogP contribution in [-0.2, 0) is 4.79 Å². The SMILES string of the molecule is CCC(CC)N(CC(C)C)C(=O)C1CCC(N)C(C)C1. The third-order valence-electron chi connectivity index (χ3n) is 4.81. The highest BCUT2D eigenvalue weighted by Gasteiger charge is 2.33. The van der Waals surface area contributed by atoms with Gasteiger partial charge in [0.2, 0.25) is 5.91 Å². The Kier molecular flexibility index (Phi) is 7.01. The van der Waals surface area contributed by atoms with E-state index in [1.807, 2.05) is 0 Å². The average molecular weight is 282 g/mol. The van der Waals surface area contributed by atoms with Gasteiger partial charge in [0.05, 0.1) is 0 Å². The highest BCUT2D eigenvalue weighted by atomic mass is 16.2. The molecular formula is C17H34N2O. The van der Waals surface area contributed by atoms with Crippen LogP contribution in [0.25, 0.3) is 0 Å². The molecule has 1 rings (SSSR count). The molecule has 0 radical (unpaired) electrons. The van der Waals surface area contributed by atoms with Gasteiger partial charge < -0.3 is 10.6 Å². The first-order valence-corrected chi connectivity index (χ1v) is 8.46. The fourth-order valence-corrected chi connectivity index (χ4v) is 3.42. The molecule has 20 heavy (non-hydrogen) atoms. The summed E-state index contributed by atoms with van der Waals surface area (Å²) in [6, 6.07) is 0.682. The number of carbonyl (C=O) groups is 1. The van der Waals surface area contributed by atoms with Gasteiger partial charge in [0.1, 0.15) is 0 Å². The summed E-state index contributed by atoms with van der Waals surface area (Å²) in [5, 5.41) is 0. The molecule has 1 aliphatic rings. The average Bonchev–Trinajstić information content (AvgIpc) is 2.41.